The van der Waals surface area contributed by atoms with Gasteiger partial charge in [0, 0.05) is 21.9 Å². The van der Waals surface area contributed by atoms with Crippen LogP contribution in [0.25, 0.3) is 21.9 Å². The molecule has 0 aliphatic rings. The topological polar surface area (TPSA) is 60.7 Å². The predicted molar refractivity (Wildman–Crippen MR) is 111 cm³/mol. The maximum Gasteiger partial charge on any atom is 0.262 e. The third kappa shape index (κ3) is 3.49. The number of hydrogen-bond acceptors (Lipinski definition) is 4. The van der Waals surface area contributed by atoms with Crippen LogP contribution in [0.15, 0.2) is 59.0 Å². The van der Waals surface area contributed by atoms with Gasteiger partial charge in [0.1, 0.15) is 22.7 Å². The van der Waals surface area contributed by atoms with E-state index in [1.165, 1.54) is 0 Å². The van der Waals surface area contributed by atoms with Crippen molar-refractivity contribution in [3.8, 4) is 11.5 Å². The number of para-hydroxylation sites is 1. The fourth-order valence-corrected chi connectivity index (χ4v) is 3.35. The Morgan fingerprint density at radius 3 is 2.64 bits per heavy atom. The Bertz CT molecular complexity index is 1180. The van der Waals surface area contributed by atoms with Crippen LogP contribution in [0, 0.1) is 6.92 Å². The van der Waals surface area contributed by atoms with Gasteiger partial charge in [-0.3, -0.25) is 4.79 Å². The zero-order valence-electron chi connectivity index (χ0n) is 15.4. The Morgan fingerprint density at radius 2 is 1.86 bits per heavy atom. The molecular formula is C22H18ClNO4. The van der Waals surface area contributed by atoms with E-state index >= 15 is 0 Å². The highest BCUT2D eigenvalue weighted by Gasteiger charge is 2.14. The molecule has 1 heterocycles. The molecule has 0 radical (unpaired) electrons. The number of nitrogens with one attached hydrogen (secondary N) is 1. The van der Waals surface area contributed by atoms with Crippen LogP contribution in [-0.4, -0.2) is 19.6 Å². The number of rotatable bonds is 5. The minimum atomic E-state index is -0.303. The van der Waals surface area contributed by atoms with E-state index in [0.717, 1.165) is 21.9 Å². The van der Waals surface area contributed by atoms with Crippen LogP contribution in [0.3, 0.4) is 0 Å². The highest BCUT2D eigenvalue weighted by atomic mass is 35.5. The molecule has 4 rings (SSSR count). The number of benzene rings is 3. The van der Waals surface area contributed by atoms with E-state index in [9.17, 15) is 4.79 Å². The van der Waals surface area contributed by atoms with E-state index in [0.29, 0.717) is 27.8 Å². The number of fused-ring (bicyclic) bond motifs is 3. The summed E-state index contributed by atoms with van der Waals surface area (Å²) in [5.74, 6) is 0.859. The van der Waals surface area contributed by atoms with E-state index in [1.807, 2.05) is 37.3 Å². The summed E-state index contributed by atoms with van der Waals surface area (Å²) >= 11 is 5.94. The van der Waals surface area contributed by atoms with E-state index in [1.54, 1.807) is 31.4 Å². The summed E-state index contributed by atoms with van der Waals surface area (Å²) in [5, 5.41) is 5.37. The molecule has 1 N–H and O–H groups in total. The Hall–Kier alpha value is -3.18. The quantitative estimate of drug-likeness (QED) is 0.479. The summed E-state index contributed by atoms with van der Waals surface area (Å²) in [6, 6.07) is 16.6. The first-order valence-electron chi connectivity index (χ1n) is 8.73. The van der Waals surface area contributed by atoms with Gasteiger partial charge in [-0.15, -0.1) is 0 Å². The van der Waals surface area contributed by atoms with Crippen molar-refractivity contribution < 1.29 is 18.7 Å². The summed E-state index contributed by atoms with van der Waals surface area (Å²) in [6.45, 7) is 1.74. The lowest BCUT2D eigenvalue weighted by Gasteiger charge is -2.12. The van der Waals surface area contributed by atoms with E-state index in [-0.39, 0.29) is 12.5 Å². The summed E-state index contributed by atoms with van der Waals surface area (Å²) in [4.78, 5) is 12.4. The lowest BCUT2D eigenvalue weighted by Crippen LogP contribution is -2.20. The van der Waals surface area contributed by atoms with Crippen LogP contribution in [0.5, 0.6) is 11.5 Å². The van der Waals surface area contributed by atoms with Crippen molar-refractivity contribution in [3.63, 3.8) is 0 Å². The summed E-state index contributed by atoms with van der Waals surface area (Å²) < 4.78 is 16.9. The molecule has 28 heavy (non-hydrogen) atoms. The molecule has 0 fully saturated rings. The van der Waals surface area contributed by atoms with Gasteiger partial charge in [-0.05, 0) is 42.8 Å². The molecule has 0 bridgehead atoms. The lowest BCUT2D eigenvalue weighted by molar-refractivity contribution is -0.118. The van der Waals surface area contributed by atoms with E-state index in [4.69, 9.17) is 25.5 Å². The van der Waals surface area contributed by atoms with Gasteiger partial charge >= 0.3 is 0 Å². The van der Waals surface area contributed by atoms with Gasteiger partial charge < -0.3 is 19.2 Å². The number of furan rings is 1. The highest BCUT2D eigenvalue weighted by molar-refractivity contribution is 6.30. The minimum Gasteiger partial charge on any atom is -0.495 e. The molecule has 5 nitrogen and oxygen atoms in total. The molecule has 0 saturated heterocycles. The normalized spacial score (nSPS) is 11.0. The largest absolute Gasteiger partial charge is 0.495 e. The Balaban J connectivity index is 1.56. The fraction of sp³-hybridized carbons (Fsp3) is 0.136. The molecule has 0 saturated carbocycles. The first-order valence-corrected chi connectivity index (χ1v) is 9.11. The van der Waals surface area contributed by atoms with Crippen LogP contribution in [0.4, 0.5) is 5.69 Å². The Kier molecular flexibility index (Phi) is 4.84. The van der Waals surface area contributed by atoms with Crippen LogP contribution >= 0.6 is 11.6 Å². The second-order valence-corrected chi connectivity index (χ2v) is 6.83. The van der Waals surface area contributed by atoms with Crippen LogP contribution in [0.2, 0.25) is 5.02 Å². The molecule has 1 aromatic heterocycles. The van der Waals surface area contributed by atoms with Crippen molar-refractivity contribution in [2.75, 3.05) is 19.0 Å². The van der Waals surface area contributed by atoms with Crippen molar-refractivity contribution in [2.24, 2.45) is 0 Å². The maximum absolute atomic E-state index is 12.4. The molecule has 0 aliphatic heterocycles. The number of amides is 1. The zero-order chi connectivity index (χ0) is 19.7. The molecule has 142 valence electrons. The molecule has 1 amide bonds. The van der Waals surface area contributed by atoms with Gasteiger partial charge in [-0.1, -0.05) is 29.8 Å². The SMILES string of the molecule is COc1cc2c(cc1NC(=O)COc1ccc(Cl)cc1C)oc1ccccc12. The number of carbonyl (C=O) groups excluding carboxylic acids is 1. The first kappa shape index (κ1) is 18.2. The molecule has 0 aliphatic carbocycles. The second-order valence-electron chi connectivity index (χ2n) is 6.39. The van der Waals surface area contributed by atoms with Gasteiger partial charge in [0.05, 0.1) is 12.8 Å². The van der Waals surface area contributed by atoms with Crippen LogP contribution < -0.4 is 14.8 Å². The zero-order valence-corrected chi connectivity index (χ0v) is 16.2. The number of halogens is 1. The highest BCUT2D eigenvalue weighted by Crippen LogP contribution is 2.36. The van der Waals surface area contributed by atoms with Crippen molar-refractivity contribution in [2.45, 2.75) is 6.92 Å². The standard InChI is InChI=1S/C22H18ClNO4/c1-13-9-14(23)7-8-18(13)27-12-22(25)24-17-11-20-16(10-21(17)26-2)15-5-3-4-6-19(15)28-20/h3-11H,12H2,1-2H3,(H,24,25). The third-order valence-corrected chi connectivity index (χ3v) is 4.70. The van der Waals surface area contributed by atoms with Gasteiger partial charge in [-0.2, -0.15) is 0 Å². The number of anilines is 1. The van der Waals surface area contributed by atoms with Gasteiger partial charge in [0.2, 0.25) is 0 Å². The van der Waals surface area contributed by atoms with E-state index in [2.05, 4.69) is 5.32 Å². The van der Waals surface area contributed by atoms with Crippen molar-refractivity contribution in [1.29, 1.82) is 0 Å². The summed E-state index contributed by atoms with van der Waals surface area (Å²) in [6.07, 6.45) is 0. The van der Waals surface area contributed by atoms with Crippen molar-refractivity contribution >= 4 is 45.1 Å². The summed E-state index contributed by atoms with van der Waals surface area (Å²) in [5.41, 5.74) is 2.84. The monoisotopic (exact) mass is 395 g/mol. The average Bonchev–Trinajstić information content (AvgIpc) is 3.04. The summed E-state index contributed by atoms with van der Waals surface area (Å²) in [7, 11) is 1.56. The first-order chi connectivity index (χ1) is 13.5. The third-order valence-electron chi connectivity index (χ3n) is 4.47. The minimum absolute atomic E-state index is 0.135. The van der Waals surface area contributed by atoms with Crippen molar-refractivity contribution in [3.05, 3.63) is 65.2 Å². The fourth-order valence-electron chi connectivity index (χ4n) is 3.12. The predicted octanol–water partition coefficient (Wildman–Crippen LogP) is 5.57. The molecule has 0 spiro atoms. The molecule has 3 aromatic carbocycles. The number of aryl methyl sites for hydroxylation is 1. The lowest BCUT2D eigenvalue weighted by atomic mass is 10.1. The molecule has 0 atom stereocenters. The molecular weight excluding hydrogens is 378 g/mol. The number of ether oxygens (including phenoxy) is 2. The molecule has 4 aromatic rings. The van der Waals surface area contributed by atoms with Gasteiger partial charge in [-0.25, -0.2) is 0 Å². The maximum atomic E-state index is 12.4. The van der Waals surface area contributed by atoms with Crippen LogP contribution in [-0.2, 0) is 4.79 Å². The average molecular weight is 396 g/mol. The van der Waals surface area contributed by atoms with Gasteiger partial charge in [0.25, 0.3) is 5.91 Å². The van der Waals surface area contributed by atoms with Gasteiger partial charge in [0.15, 0.2) is 6.61 Å². The Labute approximate surface area is 166 Å². The molecule has 0 unspecified atom stereocenters. The Morgan fingerprint density at radius 1 is 1.04 bits per heavy atom. The smallest absolute Gasteiger partial charge is 0.262 e. The van der Waals surface area contributed by atoms with Crippen molar-refractivity contribution in [1.82, 2.24) is 0 Å². The van der Waals surface area contributed by atoms with Crippen LogP contribution in [0.1, 0.15) is 5.56 Å². The second kappa shape index (κ2) is 7.44. The number of hydrogen-bond donors (Lipinski definition) is 1. The van der Waals surface area contributed by atoms with E-state index < -0.39 is 0 Å². The molecule has 6 heteroatoms. The number of carbonyl (C=O) groups is 1. The number of methoxy groups -OCH3 is 1.